The lowest BCUT2D eigenvalue weighted by Crippen LogP contribution is -2.24. The normalized spacial score (nSPS) is 11.9. The minimum Gasteiger partial charge on any atom is -0.348 e. The first-order valence-electron chi connectivity index (χ1n) is 9.09. The summed E-state index contributed by atoms with van der Waals surface area (Å²) < 4.78 is 0.672. The van der Waals surface area contributed by atoms with Gasteiger partial charge in [-0.05, 0) is 37.1 Å². The summed E-state index contributed by atoms with van der Waals surface area (Å²) in [6.07, 6.45) is 6.92. The molecule has 0 bridgehead atoms. The number of thiazole rings is 1. The molecule has 0 saturated carbocycles. The fraction of sp³-hybridized carbons (Fsp3) is 0.200. The Hall–Kier alpha value is -3.46. The molecule has 0 saturated heterocycles. The van der Waals surface area contributed by atoms with Crippen LogP contribution < -0.4 is 10.6 Å². The summed E-state index contributed by atoms with van der Waals surface area (Å²) in [5.74, 6) is 0.0765. The molecule has 0 aromatic carbocycles. The number of carbonyl (C=O) groups is 1. The monoisotopic (exact) mass is 405 g/mol. The van der Waals surface area contributed by atoms with Crippen molar-refractivity contribution in [2.24, 2.45) is 0 Å². The lowest BCUT2D eigenvalue weighted by atomic mass is 10.1. The molecular formula is C20H19N7OS. The molecule has 0 spiro atoms. The summed E-state index contributed by atoms with van der Waals surface area (Å²) in [4.78, 5) is 34.5. The van der Waals surface area contributed by atoms with E-state index in [1.54, 1.807) is 24.8 Å². The fourth-order valence-corrected chi connectivity index (χ4v) is 3.67. The van der Waals surface area contributed by atoms with Gasteiger partial charge in [0.1, 0.15) is 4.70 Å². The average molecular weight is 405 g/mol. The van der Waals surface area contributed by atoms with Gasteiger partial charge in [0.25, 0.3) is 5.91 Å². The van der Waals surface area contributed by atoms with Gasteiger partial charge in [0.15, 0.2) is 11.3 Å². The highest BCUT2D eigenvalue weighted by atomic mass is 32.1. The second kappa shape index (κ2) is 8.27. The number of nitrogens with zero attached hydrogens (tertiary/aromatic N) is 5. The van der Waals surface area contributed by atoms with Gasteiger partial charge in [-0.1, -0.05) is 12.1 Å². The number of aromatic nitrogens is 5. The zero-order chi connectivity index (χ0) is 20.2. The first kappa shape index (κ1) is 18.9. The Morgan fingerprint density at radius 3 is 2.62 bits per heavy atom. The maximum atomic E-state index is 12.9. The predicted molar refractivity (Wildman–Crippen MR) is 112 cm³/mol. The lowest BCUT2D eigenvalue weighted by Gasteiger charge is -2.14. The minimum absolute atomic E-state index is 0.0767. The second-order valence-corrected chi connectivity index (χ2v) is 7.68. The summed E-state index contributed by atoms with van der Waals surface area (Å²) in [6, 6.07) is 7.50. The van der Waals surface area contributed by atoms with Gasteiger partial charge in [-0.2, -0.15) is 4.98 Å². The van der Waals surface area contributed by atoms with Gasteiger partial charge in [0.2, 0.25) is 5.95 Å². The Bertz CT molecular complexity index is 1130. The van der Waals surface area contributed by atoms with E-state index in [9.17, 15) is 4.79 Å². The Morgan fingerprint density at radius 1 is 1.10 bits per heavy atom. The van der Waals surface area contributed by atoms with E-state index in [-0.39, 0.29) is 11.9 Å². The third-order valence-electron chi connectivity index (χ3n) is 4.28. The number of amides is 1. The molecule has 9 heteroatoms. The molecule has 4 heterocycles. The summed E-state index contributed by atoms with van der Waals surface area (Å²) in [6.45, 7) is 4.23. The number of hydrogen-bond donors (Lipinski definition) is 2. The van der Waals surface area contributed by atoms with E-state index in [1.165, 1.54) is 11.3 Å². The van der Waals surface area contributed by atoms with E-state index in [0.717, 1.165) is 16.1 Å². The van der Waals surface area contributed by atoms with Crippen LogP contribution in [0.1, 0.15) is 39.6 Å². The van der Waals surface area contributed by atoms with Crippen LogP contribution in [0.3, 0.4) is 0 Å². The molecule has 8 nitrogen and oxygen atoms in total. The van der Waals surface area contributed by atoms with Crippen molar-refractivity contribution in [1.82, 2.24) is 30.2 Å². The summed E-state index contributed by atoms with van der Waals surface area (Å²) in [5.41, 5.74) is 2.73. The van der Waals surface area contributed by atoms with Gasteiger partial charge < -0.3 is 10.6 Å². The van der Waals surface area contributed by atoms with E-state index in [0.29, 0.717) is 28.5 Å². The number of pyridine rings is 2. The first-order valence-corrected chi connectivity index (χ1v) is 9.90. The number of anilines is 1. The Kier molecular flexibility index (Phi) is 5.39. The molecule has 1 amide bonds. The van der Waals surface area contributed by atoms with Gasteiger partial charge in [0, 0.05) is 31.3 Å². The predicted octanol–water partition coefficient (Wildman–Crippen LogP) is 3.29. The minimum atomic E-state index is -0.276. The van der Waals surface area contributed by atoms with Gasteiger partial charge >= 0.3 is 0 Å². The van der Waals surface area contributed by atoms with Crippen molar-refractivity contribution < 1.29 is 4.79 Å². The molecular weight excluding hydrogens is 386 g/mol. The average Bonchev–Trinajstić information content (AvgIpc) is 3.12. The van der Waals surface area contributed by atoms with Crippen molar-refractivity contribution in [3.63, 3.8) is 0 Å². The molecule has 4 aromatic heterocycles. The molecule has 4 aromatic rings. The van der Waals surface area contributed by atoms with Crippen molar-refractivity contribution in [3.05, 3.63) is 70.9 Å². The third-order valence-corrected chi connectivity index (χ3v) is 5.25. The van der Waals surface area contributed by atoms with Crippen molar-refractivity contribution >= 4 is 33.5 Å². The van der Waals surface area contributed by atoms with Gasteiger partial charge in [-0.25, -0.2) is 9.97 Å². The van der Waals surface area contributed by atoms with Crippen LogP contribution in [-0.4, -0.2) is 30.8 Å². The standard InChI is InChI=1S/C20H19N7OS/c1-12(15-6-4-8-22-11-15)24-20-26-16(17-18(27-20)25-13(2)29-17)19(28)23-10-14-5-3-7-21-9-14/h3-9,11-12H,10H2,1-2H3,(H,23,28)(H,24,26,27). The third kappa shape index (κ3) is 4.35. The van der Waals surface area contributed by atoms with Crippen LogP contribution in [0, 0.1) is 6.92 Å². The highest BCUT2D eigenvalue weighted by Gasteiger charge is 2.19. The number of carbonyl (C=O) groups excluding carboxylic acids is 1. The van der Waals surface area contributed by atoms with Crippen LogP contribution in [-0.2, 0) is 6.54 Å². The molecule has 0 aliphatic rings. The maximum Gasteiger partial charge on any atom is 0.271 e. The van der Waals surface area contributed by atoms with Crippen molar-refractivity contribution in [1.29, 1.82) is 0 Å². The zero-order valence-electron chi connectivity index (χ0n) is 16.0. The van der Waals surface area contributed by atoms with Crippen molar-refractivity contribution in [2.45, 2.75) is 26.4 Å². The van der Waals surface area contributed by atoms with E-state index in [1.807, 2.05) is 38.1 Å². The van der Waals surface area contributed by atoms with E-state index in [4.69, 9.17) is 0 Å². The largest absolute Gasteiger partial charge is 0.348 e. The van der Waals surface area contributed by atoms with E-state index >= 15 is 0 Å². The molecule has 0 aliphatic carbocycles. The lowest BCUT2D eigenvalue weighted by molar-refractivity contribution is 0.0948. The quantitative estimate of drug-likeness (QED) is 0.507. The van der Waals surface area contributed by atoms with Gasteiger partial charge in [-0.15, -0.1) is 11.3 Å². The van der Waals surface area contributed by atoms with Crippen LogP contribution in [0.5, 0.6) is 0 Å². The van der Waals surface area contributed by atoms with Crippen LogP contribution >= 0.6 is 11.3 Å². The number of aryl methyl sites for hydroxylation is 1. The number of rotatable bonds is 6. The zero-order valence-corrected chi connectivity index (χ0v) is 16.8. The Morgan fingerprint density at radius 2 is 1.90 bits per heavy atom. The molecule has 146 valence electrons. The van der Waals surface area contributed by atoms with Crippen LogP contribution in [0.2, 0.25) is 0 Å². The molecule has 2 N–H and O–H groups in total. The SMILES string of the molecule is Cc1nc2nc(NC(C)c3cccnc3)nc(C(=O)NCc3cccnc3)c2s1. The molecule has 1 unspecified atom stereocenters. The summed E-state index contributed by atoms with van der Waals surface area (Å²) in [5, 5.41) is 6.97. The number of fused-ring (bicyclic) bond motifs is 1. The molecule has 0 aliphatic heterocycles. The van der Waals surface area contributed by atoms with Crippen LogP contribution in [0.4, 0.5) is 5.95 Å². The van der Waals surface area contributed by atoms with E-state index < -0.39 is 0 Å². The van der Waals surface area contributed by atoms with Gasteiger partial charge in [-0.3, -0.25) is 14.8 Å². The molecule has 29 heavy (non-hydrogen) atoms. The number of nitrogens with one attached hydrogen (secondary N) is 2. The van der Waals surface area contributed by atoms with Crippen molar-refractivity contribution in [2.75, 3.05) is 5.32 Å². The Labute approximate surface area is 171 Å². The van der Waals surface area contributed by atoms with E-state index in [2.05, 4.69) is 35.6 Å². The number of hydrogen-bond acceptors (Lipinski definition) is 8. The van der Waals surface area contributed by atoms with Crippen LogP contribution in [0.25, 0.3) is 10.3 Å². The van der Waals surface area contributed by atoms with Crippen LogP contribution in [0.15, 0.2) is 49.1 Å². The highest BCUT2D eigenvalue weighted by Crippen LogP contribution is 2.25. The maximum absolute atomic E-state index is 12.9. The first-order chi connectivity index (χ1) is 14.1. The van der Waals surface area contributed by atoms with Gasteiger partial charge in [0.05, 0.1) is 11.0 Å². The summed E-state index contributed by atoms with van der Waals surface area (Å²) >= 11 is 1.41. The molecule has 0 radical (unpaired) electrons. The molecule has 4 rings (SSSR count). The topological polar surface area (TPSA) is 106 Å². The molecule has 0 fully saturated rings. The highest BCUT2D eigenvalue weighted by molar-refractivity contribution is 7.18. The second-order valence-electron chi connectivity index (χ2n) is 6.48. The fourth-order valence-electron chi connectivity index (χ4n) is 2.82. The smallest absolute Gasteiger partial charge is 0.271 e. The Balaban J connectivity index is 1.61. The van der Waals surface area contributed by atoms with Crippen molar-refractivity contribution in [3.8, 4) is 0 Å². The summed E-state index contributed by atoms with van der Waals surface area (Å²) in [7, 11) is 0. The molecule has 1 atom stereocenters.